The summed E-state index contributed by atoms with van der Waals surface area (Å²) in [6.07, 6.45) is 0.814. The molecule has 1 N–H and O–H groups in total. The zero-order chi connectivity index (χ0) is 23.9. The second-order valence-corrected chi connectivity index (χ2v) is 9.64. The Balaban J connectivity index is 2.14. The van der Waals surface area contributed by atoms with Crippen LogP contribution in [-0.2, 0) is 21.5 Å². The molecule has 32 heavy (non-hydrogen) atoms. The Hall–Kier alpha value is -2.53. The number of hydrogen-bond acceptors (Lipinski definition) is 3. The number of benzene rings is 2. The number of nitrogens with one attached hydrogen (secondary N) is 1. The highest BCUT2D eigenvalue weighted by atomic mass is 35.5. The maximum Gasteiger partial charge on any atom is 0.261 e. The predicted octanol–water partition coefficient (Wildman–Crippen LogP) is 5.35. The number of carbonyl (C=O) groups excluding carboxylic acids is 2. The van der Waals surface area contributed by atoms with Crippen LogP contribution >= 0.6 is 11.6 Å². The molecule has 2 aromatic rings. The fraction of sp³-hybridized carbons (Fsp3) is 0.462. The van der Waals surface area contributed by atoms with Crippen molar-refractivity contribution in [2.45, 2.75) is 72.0 Å². The molecule has 0 saturated carbocycles. The van der Waals surface area contributed by atoms with Gasteiger partial charge in [-0.25, -0.2) is 0 Å². The molecule has 6 heteroatoms. The number of hydrogen-bond donors (Lipinski definition) is 1. The molecule has 0 fully saturated rings. The van der Waals surface area contributed by atoms with Gasteiger partial charge in [-0.2, -0.15) is 0 Å². The van der Waals surface area contributed by atoms with E-state index >= 15 is 0 Å². The van der Waals surface area contributed by atoms with Crippen molar-refractivity contribution in [2.75, 3.05) is 6.61 Å². The fourth-order valence-corrected chi connectivity index (χ4v) is 3.37. The summed E-state index contributed by atoms with van der Waals surface area (Å²) in [6.45, 7) is 12.2. The lowest BCUT2D eigenvalue weighted by Gasteiger charge is -2.29. The van der Waals surface area contributed by atoms with E-state index in [-0.39, 0.29) is 36.4 Å². The summed E-state index contributed by atoms with van der Waals surface area (Å²) < 4.78 is 5.76. The van der Waals surface area contributed by atoms with Crippen molar-refractivity contribution in [2.24, 2.45) is 0 Å². The van der Waals surface area contributed by atoms with E-state index in [4.69, 9.17) is 16.3 Å². The van der Waals surface area contributed by atoms with Gasteiger partial charge in [-0.15, -0.1) is 0 Å². The summed E-state index contributed by atoms with van der Waals surface area (Å²) in [6, 6.07) is 14.4. The lowest BCUT2D eigenvalue weighted by molar-refractivity contribution is -0.142. The normalized spacial score (nSPS) is 13.2. The average Bonchev–Trinajstić information content (AvgIpc) is 2.75. The zero-order valence-corrected chi connectivity index (χ0v) is 20.7. The van der Waals surface area contributed by atoms with Crippen molar-refractivity contribution in [3.8, 4) is 5.75 Å². The molecule has 0 aliphatic carbocycles. The predicted molar refractivity (Wildman–Crippen MR) is 130 cm³/mol. The number of amides is 2. The topological polar surface area (TPSA) is 58.6 Å². The molecular weight excluding hydrogens is 424 g/mol. The van der Waals surface area contributed by atoms with Gasteiger partial charge in [0.05, 0.1) is 0 Å². The first kappa shape index (κ1) is 25.7. The minimum atomic E-state index is -0.651. The molecule has 0 spiro atoms. The van der Waals surface area contributed by atoms with Crippen molar-refractivity contribution < 1.29 is 14.3 Å². The highest BCUT2D eigenvalue weighted by molar-refractivity contribution is 6.30. The minimum Gasteiger partial charge on any atom is -0.484 e. The van der Waals surface area contributed by atoms with E-state index < -0.39 is 6.04 Å². The van der Waals surface area contributed by atoms with E-state index in [2.05, 4.69) is 26.1 Å². The Morgan fingerprint density at radius 2 is 1.75 bits per heavy atom. The maximum absolute atomic E-state index is 13.1. The third kappa shape index (κ3) is 7.56. The Morgan fingerprint density at radius 1 is 1.09 bits per heavy atom. The van der Waals surface area contributed by atoms with Crippen LogP contribution < -0.4 is 10.1 Å². The summed E-state index contributed by atoms with van der Waals surface area (Å²) in [5, 5.41) is 3.54. The molecule has 0 aromatic heterocycles. The summed E-state index contributed by atoms with van der Waals surface area (Å²) in [7, 11) is 0. The van der Waals surface area contributed by atoms with Crippen molar-refractivity contribution in [3.05, 3.63) is 64.7 Å². The molecule has 2 rings (SSSR count). The Kier molecular flexibility index (Phi) is 9.14. The molecule has 0 aliphatic rings. The lowest BCUT2D eigenvalue weighted by Crippen LogP contribution is -2.50. The number of ether oxygens (including phenoxy) is 1. The molecule has 0 aliphatic heterocycles. The van der Waals surface area contributed by atoms with Crippen LogP contribution in [0.2, 0.25) is 5.02 Å². The molecule has 0 saturated heterocycles. The number of rotatable bonds is 9. The van der Waals surface area contributed by atoms with E-state index in [1.807, 2.05) is 50.2 Å². The van der Waals surface area contributed by atoms with Gasteiger partial charge in [0.2, 0.25) is 5.91 Å². The van der Waals surface area contributed by atoms with Crippen LogP contribution in [0, 0.1) is 0 Å². The number of nitrogens with zero attached hydrogens (tertiary/aromatic N) is 1. The highest BCUT2D eigenvalue weighted by Crippen LogP contribution is 2.24. The monoisotopic (exact) mass is 458 g/mol. The molecule has 2 atom stereocenters. The van der Waals surface area contributed by atoms with Gasteiger partial charge in [0.15, 0.2) is 6.61 Å². The van der Waals surface area contributed by atoms with Crippen molar-refractivity contribution in [1.29, 1.82) is 0 Å². The SMILES string of the molecule is CC[C@H](C)NC(=O)[C@@H](C)N(Cc1cccc(Cl)c1)C(=O)COc1ccc(C(C)(C)C)cc1. The second kappa shape index (κ2) is 11.4. The molecule has 0 bridgehead atoms. The molecule has 0 radical (unpaired) electrons. The Bertz CT molecular complexity index is 906. The highest BCUT2D eigenvalue weighted by Gasteiger charge is 2.27. The van der Waals surface area contributed by atoms with Crippen molar-refractivity contribution in [1.82, 2.24) is 10.2 Å². The maximum atomic E-state index is 13.1. The van der Waals surface area contributed by atoms with E-state index in [0.717, 1.165) is 12.0 Å². The molecular formula is C26H35ClN2O3. The second-order valence-electron chi connectivity index (χ2n) is 9.21. The van der Waals surface area contributed by atoms with Gasteiger partial charge < -0.3 is 15.0 Å². The average molecular weight is 459 g/mol. The molecule has 5 nitrogen and oxygen atoms in total. The van der Waals surface area contributed by atoms with Gasteiger partial charge in [0.25, 0.3) is 5.91 Å². The standard InChI is InChI=1S/C26H35ClN2O3/c1-7-18(2)28-25(31)19(3)29(16-20-9-8-10-22(27)15-20)24(30)17-32-23-13-11-21(12-14-23)26(4,5)6/h8-15,18-19H,7,16-17H2,1-6H3,(H,28,31)/t18-,19+/m0/s1. The third-order valence-corrected chi connectivity index (χ3v) is 5.73. The summed E-state index contributed by atoms with van der Waals surface area (Å²) in [5.41, 5.74) is 2.08. The van der Waals surface area contributed by atoms with Gasteiger partial charge in [-0.05, 0) is 61.1 Å². The van der Waals surface area contributed by atoms with Crippen LogP contribution in [0.15, 0.2) is 48.5 Å². The molecule has 0 heterocycles. The van der Waals surface area contributed by atoms with Crippen LogP contribution in [0.25, 0.3) is 0 Å². The Labute approximate surface area is 197 Å². The van der Waals surface area contributed by atoms with Crippen LogP contribution in [0.3, 0.4) is 0 Å². The number of carbonyl (C=O) groups is 2. The van der Waals surface area contributed by atoms with Gasteiger partial charge in [0.1, 0.15) is 11.8 Å². The van der Waals surface area contributed by atoms with E-state index in [0.29, 0.717) is 10.8 Å². The molecule has 2 amide bonds. The smallest absolute Gasteiger partial charge is 0.261 e. The first-order valence-electron chi connectivity index (χ1n) is 11.1. The van der Waals surface area contributed by atoms with Gasteiger partial charge in [0, 0.05) is 17.6 Å². The third-order valence-electron chi connectivity index (χ3n) is 5.49. The zero-order valence-electron chi connectivity index (χ0n) is 19.9. The van der Waals surface area contributed by atoms with Gasteiger partial charge >= 0.3 is 0 Å². The van der Waals surface area contributed by atoms with E-state index in [1.54, 1.807) is 19.1 Å². The van der Waals surface area contributed by atoms with Crippen LogP contribution in [0.1, 0.15) is 59.1 Å². The van der Waals surface area contributed by atoms with Crippen LogP contribution in [0.4, 0.5) is 0 Å². The van der Waals surface area contributed by atoms with Crippen LogP contribution in [0.5, 0.6) is 5.75 Å². The van der Waals surface area contributed by atoms with Gasteiger partial charge in [-0.1, -0.05) is 63.6 Å². The molecule has 2 aromatic carbocycles. The first-order chi connectivity index (χ1) is 15.0. The minimum absolute atomic E-state index is 0.0330. The quantitative estimate of drug-likeness (QED) is 0.551. The van der Waals surface area contributed by atoms with E-state index in [9.17, 15) is 9.59 Å². The van der Waals surface area contributed by atoms with Crippen LogP contribution in [-0.4, -0.2) is 35.4 Å². The number of halogens is 1. The molecule has 174 valence electrons. The fourth-order valence-electron chi connectivity index (χ4n) is 3.16. The molecule has 0 unspecified atom stereocenters. The summed E-state index contributed by atoms with van der Waals surface area (Å²) in [5.74, 6) is 0.159. The van der Waals surface area contributed by atoms with E-state index in [1.165, 1.54) is 10.5 Å². The first-order valence-corrected chi connectivity index (χ1v) is 11.5. The van der Waals surface area contributed by atoms with Gasteiger partial charge in [-0.3, -0.25) is 9.59 Å². The van der Waals surface area contributed by atoms with Crippen molar-refractivity contribution in [3.63, 3.8) is 0 Å². The summed E-state index contributed by atoms with van der Waals surface area (Å²) in [4.78, 5) is 27.4. The lowest BCUT2D eigenvalue weighted by atomic mass is 9.87. The Morgan fingerprint density at radius 3 is 2.31 bits per heavy atom. The van der Waals surface area contributed by atoms with Crippen molar-refractivity contribution >= 4 is 23.4 Å². The largest absolute Gasteiger partial charge is 0.484 e. The summed E-state index contributed by atoms with van der Waals surface area (Å²) >= 11 is 6.12.